The Morgan fingerprint density at radius 3 is 2.81 bits per heavy atom. The minimum Gasteiger partial charge on any atom is -0.506 e. The van der Waals surface area contributed by atoms with E-state index in [0.717, 1.165) is 30.6 Å². The number of rotatable bonds is 6. The van der Waals surface area contributed by atoms with E-state index in [0.29, 0.717) is 12.2 Å². The molecule has 5 nitrogen and oxygen atoms in total. The molecule has 0 bridgehead atoms. The van der Waals surface area contributed by atoms with Crippen LogP contribution in [0.15, 0.2) is 35.1 Å². The smallest absolute Gasteiger partial charge is 0.275 e. The summed E-state index contributed by atoms with van der Waals surface area (Å²) in [6.45, 7) is 5.35. The molecular formula is C16H21N3O2. The maximum atomic E-state index is 12.0. The van der Waals surface area contributed by atoms with Gasteiger partial charge in [0.25, 0.3) is 5.56 Å². The molecule has 0 saturated heterocycles. The van der Waals surface area contributed by atoms with Crippen LogP contribution in [0.4, 0.5) is 0 Å². The zero-order chi connectivity index (χ0) is 15.2. The SMILES string of the molecule is CCCCNCc1nn(-c2ccccc2C)c(=O)cc1O. The second kappa shape index (κ2) is 7.04. The number of nitrogens with zero attached hydrogens (tertiary/aromatic N) is 2. The monoisotopic (exact) mass is 287 g/mol. The van der Waals surface area contributed by atoms with E-state index in [1.165, 1.54) is 10.7 Å². The predicted octanol–water partition coefficient (Wildman–Crippen LogP) is 2.14. The van der Waals surface area contributed by atoms with Crippen molar-refractivity contribution < 1.29 is 5.11 Å². The predicted molar refractivity (Wildman–Crippen MR) is 82.9 cm³/mol. The Bertz CT molecular complexity index is 665. The van der Waals surface area contributed by atoms with Gasteiger partial charge in [0.05, 0.1) is 5.69 Å². The number of hydrogen-bond donors (Lipinski definition) is 2. The fourth-order valence-electron chi connectivity index (χ4n) is 2.09. The van der Waals surface area contributed by atoms with Crippen LogP contribution in [0.2, 0.25) is 0 Å². The third kappa shape index (κ3) is 3.70. The molecule has 0 aliphatic rings. The number of aromatic nitrogens is 2. The van der Waals surface area contributed by atoms with Crippen LogP contribution in [0.1, 0.15) is 31.0 Å². The van der Waals surface area contributed by atoms with Crippen molar-refractivity contribution in [2.75, 3.05) is 6.54 Å². The maximum Gasteiger partial charge on any atom is 0.275 e. The summed E-state index contributed by atoms with van der Waals surface area (Å²) in [5, 5.41) is 17.4. The molecule has 0 unspecified atom stereocenters. The van der Waals surface area contributed by atoms with Gasteiger partial charge in [0, 0.05) is 12.6 Å². The topological polar surface area (TPSA) is 67.2 Å². The first-order chi connectivity index (χ1) is 10.1. The van der Waals surface area contributed by atoms with Crippen molar-refractivity contribution in [1.29, 1.82) is 0 Å². The molecule has 2 rings (SSSR count). The number of para-hydroxylation sites is 1. The van der Waals surface area contributed by atoms with Gasteiger partial charge in [-0.15, -0.1) is 0 Å². The molecule has 0 radical (unpaired) electrons. The summed E-state index contributed by atoms with van der Waals surface area (Å²) < 4.78 is 1.34. The van der Waals surface area contributed by atoms with Crippen LogP contribution in [-0.2, 0) is 6.54 Å². The molecule has 1 aromatic carbocycles. The lowest BCUT2D eigenvalue weighted by atomic mass is 10.2. The molecule has 0 spiro atoms. The summed E-state index contributed by atoms with van der Waals surface area (Å²) in [5.74, 6) is -0.0613. The molecule has 0 atom stereocenters. The summed E-state index contributed by atoms with van der Waals surface area (Å²) in [4.78, 5) is 12.0. The molecule has 1 aromatic heterocycles. The zero-order valence-corrected chi connectivity index (χ0v) is 12.5. The van der Waals surface area contributed by atoms with Crippen molar-refractivity contribution >= 4 is 0 Å². The van der Waals surface area contributed by atoms with Crippen molar-refractivity contribution in [3.05, 3.63) is 51.9 Å². The summed E-state index contributed by atoms with van der Waals surface area (Å²) in [7, 11) is 0. The molecule has 0 amide bonds. The zero-order valence-electron chi connectivity index (χ0n) is 12.5. The van der Waals surface area contributed by atoms with Gasteiger partial charge in [0.15, 0.2) is 0 Å². The van der Waals surface area contributed by atoms with E-state index in [9.17, 15) is 9.90 Å². The number of benzene rings is 1. The van der Waals surface area contributed by atoms with Gasteiger partial charge in [-0.25, -0.2) is 0 Å². The lowest BCUT2D eigenvalue weighted by Crippen LogP contribution is -2.24. The third-order valence-corrected chi connectivity index (χ3v) is 3.33. The van der Waals surface area contributed by atoms with E-state index in [2.05, 4.69) is 17.3 Å². The second-order valence-corrected chi connectivity index (χ2v) is 5.04. The maximum absolute atomic E-state index is 12.0. The Balaban J connectivity index is 2.31. The fourth-order valence-corrected chi connectivity index (χ4v) is 2.09. The average Bonchev–Trinajstić information content (AvgIpc) is 2.46. The number of unbranched alkanes of at least 4 members (excludes halogenated alkanes) is 1. The third-order valence-electron chi connectivity index (χ3n) is 3.33. The highest BCUT2D eigenvalue weighted by molar-refractivity contribution is 5.40. The Hall–Kier alpha value is -2.14. The highest BCUT2D eigenvalue weighted by Crippen LogP contribution is 2.14. The van der Waals surface area contributed by atoms with E-state index < -0.39 is 0 Å². The van der Waals surface area contributed by atoms with Crippen molar-refractivity contribution in [3.8, 4) is 11.4 Å². The van der Waals surface area contributed by atoms with E-state index >= 15 is 0 Å². The van der Waals surface area contributed by atoms with Crippen LogP contribution < -0.4 is 10.9 Å². The molecule has 2 aromatic rings. The van der Waals surface area contributed by atoms with Crippen molar-refractivity contribution in [2.24, 2.45) is 0 Å². The average molecular weight is 287 g/mol. The Kier molecular flexibility index (Phi) is 5.11. The van der Waals surface area contributed by atoms with E-state index in [4.69, 9.17) is 0 Å². The summed E-state index contributed by atoms with van der Waals surface area (Å²) in [5.41, 5.74) is 1.84. The Labute approximate surface area is 124 Å². The number of nitrogens with one attached hydrogen (secondary N) is 1. The van der Waals surface area contributed by atoms with Gasteiger partial charge in [-0.2, -0.15) is 9.78 Å². The standard InChI is InChI=1S/C16H21N3O2/c1-3-4-9-17-11-13-15(20)10-16(21)19(18-13)14-8-6-5-7-12(14)2/h5-8,10,17,20H,3-4,9,11H2,1-2H3. The largest absolute Gasteiger partial charge is 0.506 e. The normalized spacial score (nSPS) is 10.8. The first kappa shape index (κ1) is 15.3. The van der Waals surface area contributed by atoms with Crippen LogP contribution in [0.5, 0.6) is 5.75 Å². The molecule has 0 aliphatic heterocycles. The fraction of sp³-hybridized carbons (Fsp3) is 0.375. The highest BCUT2D eigenvalue weighted by atomic mass is 16.3. The minimum atomic E-state index is -0.334. The van der Waals surface area contributed by atoms with Crippen LogP contribution in [0, 0.1) is 6.92 Å². The van der Waals surface area contributed by atoms with Gasteiger partial charge in [0.2, 0.25) is 0 Å². The molecular weight excluding hydrogens is 266 g/mol. The molecule has 5 heteroatoms. The van der Waals surface area contributed by atoms with Gasteiger partial charge in [-0.3, -0.25) is 4.79 Å². The lowest BCUT2D eigenvalue weighted by molar-refractivity contribution is 0.451. The van der Waals surface area contributed by atoms with Gasteiger partial charge in [0.1, 0.15) is 11.4 Å². The van der Waals surface area contributed by atoms with E-state index in [1.54, 1.807) is 0 Å². The molecule has 0 saturated carbocycles. The van der Waals surface area contributed by atoms with Crippen LogP contribution in [-0.4, -0.2) is 21.4 Å². The van der Waals surface area contributed by atoms with Crippen LogP contribution in [0.3, 0.4) is 0 Å². The Morgan fingerprint density at radius 1 is 1.33 bits per heavy atom. The second-order valence-electron chi connectivity index (χ2n) is 5.04. The molecule has 2 N–H and O–H groups in total. The molecule has 0 fully saturated rings. The van der Waals surface area contributed by atoms with Crippen molar-refractivity contribution in [1.82, 2.24) is 15.1 Å². The highest BCUT2D eigenvalue weighted by Gasteiger charge is 2.10. The molecule has 0 aliphatic carbocycles. The van der Waals surface area contributed by atoms with Crippen LogP contribution in [0.25, 0.3) is 5.69 Å². The lowest BCUT2D eigenvalue weighted by Gasteiger charge is -2.11. The Morgan fingerprint density at radius 2 is 2.10 bits per heavy atom. The van der Waals surface area contributed by atoms with Crippen molar-refractivity contribution in [2.45, 2.75) is 33.2 Å². The van der Waals surface area contributed by atoms with Gasteiger partial charge < -0.3 is 10.4 Å². The first-order valence-corrected chi connectivity index (χ1v) is 7.22. The first-order valence-electron chi connectivity index (χ1n) is 7.22. The quantitative estimate of drug-likeness (QED) is 0.799. The van der Waals surface area contributed by atoms with E-state index in [-0.39, 0.29) is 11.3 Å². The number of aromatic hydroxyl groups is 1. The number of hydrogen-bond acceptors (Lipinski definition) is 4. The van der Waals surface area contributed by atoms with E-state index in [1.807, 2.05) is 31.2 Å². The molecule has 21 heavy (non-hydrogen) atoms. The summed E-state index contributed by atoms with van der Waals surface area (Å²) in [6.07, 6.45) is 2.17. The van der Waals surface area contributed by atoms with Gasteiger partial charge in [-0.1, -0.05) is 31.5 Å². The van der Waals surface area contributed by atoms with Gasteiger partial charge in [-0.05, 0) is 31.5 Å². The molecule has 112 valence electrons. The van der Waals surface area contributed by atoms with Crippen molar-refractivity contribution in [3.63, 3.8) is 0 Å². The summed E-state index contributed by atoms with van der Waals surface area (Å²) in [6, 6.07) is 8.76. The summed E-state index contributed by atoms with van der Waals surface area (Å²) >= 11 is 0. The minimum absolute atomic E-state index is 0.0613. The van der Waals surface area contributed by atoms with Crippen LogP contribution >= 0.6 is 0 Å². The number of aryl methyl sites for hydroxylation is 1. The molecule has 1 heterocycles. The van der Waals surface area contributed by atoms with Gasteiger partial charge >= 0.3 is 0 Å².